The van der Waals surface area contributed by atoms with Crippen molar-refractivity contribution in [3.8, 4) is 11.6 Å². The van der Waals surface area contributed by atoms with Crippen molar-refractivity contribution in [2.45, 2.75) is 40.0 Å². The smallest absolute Gasteiger partial charge is 0.219 e. The SMILES string of the molecule is C.CCc1ncnc(CCCc2ccc(Oc3ccc(Cl)cc3)nc2)c1Cl. The van der Waals surface area contributed by atoms with E-state index in [-0.39, 0.29) is 7.43 Å². The maximum Gasteiger partial charge on any atom is 0.219 e. The Hall–Kier alpha value is -2.17. The summed E-state index contributed by atoms with van der Waals surface area (Å²) in [5.41, 5.74) is 2.96. The highest BCUT2D eigenvalue weighted by molar-refractivity contribution is 6.31. The van der Waals surface area contributed by atoms with Crippen LogP contribution in [0.1, 0.15) is 37.7 Å². The highest BCUT2D eigenvalue weighted by atomic mass is 35.5. The first kappa shape index (κ1) is 21.1. The Labute approximate surface area is 170 Å². The van der Waals surface area contributed by atoms with Gasteiger partial charge in [-0.25, -0.2) is 15.0 Å². The van der Waals surface area contributed by atoms with Crippen molar-refractivity contribution in [2.24, 2.45) is 0 Å². The molecule has 0 amide bonds. The summed E-state index contributed by atoms with van der Waals surface area (Å²) in [7, 11) is 0. The van der Waals surface area contributed by atoms with Crippen LogP contribution in [0.3, 0.4) is 0 Å². The van der Waals surface area contributed by atoms with Gasteiger partial charge in [-0.3, -0.25) is 0 Å². The Morgan fingerprint density at radius 1 is 0.889 bits per heavy atom. The maximum atomic E-state index is 6.34. The fourth-order valence-electron chi connectivity index (χ4n) is 2.57. The second kappa shape index (κ2) is 10.2. The van der Waals surface area contributed by atoms with Gasteiger partial charge in [0.1, 0.15) is 12.1 Å². The van der Waals surface area contributed by atoms with Gasteiger partial charge in [0.25, 0.3) is 0 Å². The first-order valence-electron chi connectivity index (χ1n) is 8.52. The van der Waals surface area contributed by atoms with E-state index in [0.717, 1.165) is 42.6 Å². The molecule has 0 bridgehead atoms. The highest BCUT2D eigenvalue weighted by Crippen LogP contribution is 2.22. The molecule has 0 N–H and O–H groups in total. The molecule has 27 heavy (non-hydrogen) atoms. The Morgan fingerprint density at radius 2 is 1.63 bits per heavy atom. The Balaban J connectivity index is 0.00000261. The number of aromatic nitrogens is 3. The topological polar surface area (TPSA) is 47.9 Å². The summed E-state index contributed by atoms with van der Waals surface area (Å²) in [6.45, 7) is 2.04. The zero-order chi connectivity index (χ0) is 18.4. The number of hydrogen-bond acceptors (Lipinski definition) is 4. The molecular weight excluding hydrogens is 381 g/mol. The standard InChI is InChI=1S/C20H19Cl2N3O.CH4/c1-2-17-20(22)18(25-13-24-17)5-3-4-14-6-11-19(23-12-14)26-16-9-7-15(21)8-10-16;/h6-13H,2-5H2,1H3;1H4. The summed E-state index contributed by atoms with van der Waals surface area (Å²) in [5.74, 6) is 1.27. The van der Waals surface area contributed by atoms with E-state index >= 15 is 0 Å². The normalized spacial score (nSPS) is 10.3. The van der Waals surface area contributed by atoms with Gasteiger partial charge in [-0.1, -0.05) is 43.6 Å². The van der Waals surface area contributed by atoms with Gasteiger partial charge < -0.3 is 4.74 Å². The van der Waals surface area contributed by atoms with E-state index < -0.39 is 0 Å². The van der Waals surface area contributed by atoms with Gasteiger partial charge in [-0.15, -0.1) is 0 Å². The number of rotatable bonds is 7. The lowest BCUT2D eigenvalue weighted by Crippen LogP contribution is -1.99. The summed E-state index contributed by atoms with van der Waals surface area (Å²) < 4.78 is 5.70. The van der Waals surface area contributed by atoms with E-state index in [4.69, 9.17) is 27.9 Å². The van der Waals surface area contributed by atoms with E-state index in [1.807, 2.05) is 37.4 Å². The Morgan fingerprint density at radius 3 is 2.30 bits per heavy atom. The molecule has 3 aromatic rings. The zero-order valence-corrected chi connectivity index (χ0v) is 16.0. The lowest BCUT2D eigenvalue weighted by molar-refractivity contribution is 0.462. The van der Waals surface area contributed by atoms with E-state index in [2.05, 4.69) is 15.0 Å². The van der Waals surface area contributed by atoms with Gasteiger partial charge in [-0.05, 0) is 55.5 Å². The minimum Gasteiger partial charge on any atom is -0.439 e. The Kier molecular flexibility index (Phi) is 8.01. The van der Waals surface area contributed by atoms with Gasteiger partial charge in [0.05, 0.1) is 16.4 Å². The van der Waals surface area contributed by atoms with Crippen molar-refractivity contribution in [1.82, 2.24) is 15.0 Å². The van der Waals surface area contributed by atoms with Crippen LogP contribution in [0.2, 0.25) is 10.0 Å². The summed E-state index contributed by atoms with van der Waals surface area (Å²) in [6, 6.07) is 11.1. The van der Waals surface area contributed by atoms with Crippen molar-refractivity contribution in [3.05, 3.63) is 75.9 Å². The van der Waals surface area contributed by atoms with Crippen molar-refractivity contribution in [3.63, 3.8) is 0 Å². The fourth-order valence-corrected chi connectivity index (χ4v) is 3.02. The van der Waals surface area contributed by atoms with Gasteiger partial charge in [0.15, 0.2) is 0 Å². The molecule has 1 aromatic carbocycles. The molecule has 0 unspecified atom stereocenters. The van der Waals surface area contributed by atoms with Crippen LogP contribution in [0.4, 0.5) is 0 Å². The molecule has 4 nitrogen and oxygen atoms in total. The highest BCUT2D eigenvalue weighted by Gasteiger charge is 2.08. The third-order valence-electron chi connectivity index (χ3n) is 3.98. The number of halogens is 2. The summed E-state index contributed by atoms with van der Waals surface area (Å²) in [6.07, 6.45) is 6.90. The third kappa shape index (κ3) is 5.91. The number of benzene rings is 1. The monoisotopic (exact) mass is 403 g/mol. The van der Waals surface area contributed by atoms with Crippen LogP contribution in [0.25, 0.3) is 0 Å². The summed E-state index contributed by atoms with van der Waals surface area (Å²) in [4.78, 5) is 12.9. The molecule has 0 aliphatic rings. The van der Waals surface area contributed by atoms with E-state index in [0.29, 0.717) is 21.7 Å². The molecule has 0 fully saturated rings. The average Bonchev–Trinajstić information content (AvgIpc) is 2.66. The van der Waals surface area contributed by atoms with Crippen molar-refractivity contribution in [2.75, 3.05) is 0 Å². The minimum atomic E-state index is 0. The molecule has 142 valence electrons. The predicted molar refractivity (Wildman–Crippen MR) is 111 cm³/mol. The van der Waals surface area contributed by atoms with Gasteiger partial charge >= 0.3 is 0 Å². The van der Waals surface area contributed by atoms with Crippen LogP contribution in [-0.2, 0) is 19.3 Å². The van der Waals surface area contributed by atoms with Gasteiger partial charge in [0.2, 0.25) is 5.88 Å². The summed E-state index contributed by atoms with van der Waals surface area (Å²) in [5, 5.41) is 1.37. The van der Waals surface area contributed by atoms with Crippen LogP contribution >= 0.6 is 23.2 Å². The van der Waals surface area contributed by atoms with Crippen molar-refractivity contribution >= 4 is 23.2 Å². The largest absolute Gasteiger partial charge is 0.439 e. The Bertz CT molecular complexity index is 852. The molecule has 2 aromatic heterocycles. The zero-order valence-electron chi connectivity index (χ0n) is 14.5. The number of hydrogen-bond donors (Lipinski definition) is 0. The van der Waals surface area contributed by atoms with Crippen LogP contribution in [0.15, 0.2) is 48.9 Å². The van der Waals surface area contributed by atoms with Crippen molar-refractivity contribution in [1.29, 1.82) is 0 Å². The second-order valence-electron chi connectivity index (χ2n) is 5.85. The molecule has 2 heterocycles. The summed E-state index contributed by atoms with van der Waals surface area (Å²) >= 11 is 12.2. The molecule has 0 aliphatic carbocycles. The molecule has 3 rings (SSSR count). The molecule has 0 radical (unpaired) electrons. The quantitative estimate of drug-likeness (QED) is 0.461. The van der Waals surface area contributed by atoms with Crippen LogP contribution in [0, 0.1) is 0 Å². The molecule has 0 saturated heterocycles. The molecule has 0 spiro atoms. The van der Waals surface area contributed by atoms with E-state index in [1.165, 1.54) is 0 Å². The molecule has 0 atom stereocenters. The van der Waals surface area contributed by atoms with Gasteiger partial charge in [-0.2, -0.15) is 0 Å². The first-order chi connectivity index (χ1) is 12.7. The lowest BCUT2D eigenvalue weighted by atomic mass is 10.1. The number of pyridine rings is 1. The van der Waals surface area contributed by atoms with E-state index in [1.54, 1.807) is 18.5 Å². The number of nitrogens with zero attached hydrogens (tertiary/aromatic N) is 3. The molecule has 6 heteroatoms. The minimum absolute atomic E-state index is 0. The maximum absolute atomic E-state index is 6.34. The van der Waals surface area contributed by atoms with Crippen LogP contribution < -0.4 is 4.74 Å². The molecule has 0 aliphatic heterocycles. The lowest BCUT2D eigenvalue weighted by Gasteiger charge is -2.07. The first-order valence-corrected chi connectivity index (χ1v) is 9.28. The van der Waals surface area contributed by atoms with Crippen molar-refractivity contribution < 1.29 is 4.74 Å². The number of ether oxygens (including phenoxy) is 1. The van der Waals surface area contributed by atoms with E-state index in [9.17, 15) is 0 Å². The third-order valence-corrected chi connectivity index (χ3v) is 4.67. The van der Waals surface area contributed by atoms with Crippen LogP contribution in [0.5, 0.6) is 11.6 Å². The number of aryl methyl sites for hydroxylation is 3. The molecular formula is C21H23Cl2N3O. The average molecular weight is 404 g/mol. The second-order valence-corrected chi connectivity index (χ2v) is 6.66. The predicted octanol–water partition coefficient (Wildman–Crippen LogP) is 6.34. The fraction of sp³-hybridized carbons (Fsp3) is 0.286. The van der Waals surface area contributed by atoms with Crippen LogP contribution in [-0.4, -0.2) is 15.0 Å². The van der Waals surface area contributed by atoms with Gasteiger partial charge in [0, 0.05) is 17.3 Å². The molecule has 0 saturated carbocycles.